The monoisotopic (exact) mass is 375 g/mol. The maximum Gasteiger partial charge on any atom is 0.213 e. The molecule has 1 fully saturated rings. The summed E-state index contributed by atoms with van der Waals surface area (Å²) in [4.78, 5) is 17.9. The molecule has 4 rings (SSSR count). The molecule has 0 saturated heterocycles. The van der Waals surface area contributed by atoms with Crippen molar-refractivity contribution in [1.82, 2.24) is 19.9 Å². The van der Waals surface area contributed by atoms with Gasteiger partial charge in [-0.1, -0.05) is 0 Å². The average molecular weight is 375 g/mol. The van der Waals surface area contributed by atoms with Crippen LogP contribution in [0.1, 0.15) is 42.5 Å². The summed E-state index contributed by atoms with van der Waals surface area (Å²) in [7, 11) is 0. The molecule has 0 aliphatic heterocycles. The predicted octanol–water partition coefficient (Wildman–Crippen LogP) is 4.48. The summed E-state index contributed by atoms with van der Waals surface area (Å²) in [5.41, 5.74) is 4.02. The van der Waals surface area contributed by atoms with E-state index in [0.717, 1.165) is 41.0 Å². The smallest absolute Gasteiger partial charge is 0.213 e. The molecule has 28 heavy (non-hydrogen) atoms. The van der Waals surface area contributed by atoms with Gasteiger partial charge in [0.05, 0.1) is 0 Å². The number of aromatic nitrogens is 4. The molecule has 1 saturated carbocycles. The van der Waals surface area contributed by atoms with E-state index in [9.17, 15) is 0 Å². The lowest BCUT2D eigenvalue weighted by atomic mass is 10.2. The van der Waals surface area contributed by atoms with E-state index in [0.29, 0.717) is 24.4 Å². The highest BCUT2D eigenvalue weighted by molar-refractivity contribution is 5.58. The first-order chi connectivity index (χ1) is 13.7. The van der Waals surface area contributed by atoms with Crippen LogP contribution < -0.4 is 10.1 Å². The van der Waals surface area contributed by atoms with Crippen LogP contribution in [0.3, 0.4) is 0 Å². The Morgan fingerprint density at radius 3 is 2.75 bits per heavy atom. The van der Waals surface area contributed by atoms with E-state index in [1.807, 2.05) is 38.1 Å². The van der Waals surface area contributed by atoms with Gasteiger partial charge in [-0.25, -0.2) is 15.0 Å². The number of pyridine rings is 2. The predicted molar refractivity (Wildman–Crippen MR) is 109 cm³/mol. The molecular weight excluding hydrogens is 350 g/mol. The van der Waals surface area contributed by atoms with Gasteiger partial charge in [-0.2, -0.15) is 0 Å². The first-order valence-electron chi connectivity index (χ1n) is 9.80. The van der Waals surface area contributed by atoms with Crippen molar-refractivity contribution in [3.05, 3.63) is 59.7 Å². The molecule has 3 aromatic rings. The van der Waals surface area contributed by atoms with Crippen molar-refractivity contribution in [2.24, 2.45) is 0 Å². The molecule has 1 aliphatic rings. The van der Waals surface area contributed by atoms with E-state index in [1.165, 1.54) is 12.8 Å². The first kappa shape index (κ1) is 18.3. The van der Waals surface area contributed by atoms with Gasteiger partial charge in [-0.05, 0) is 63.3 Å². The number of nitrogens with one attached hydrogen (secondary N) is 1. The lowest BCUT2D eigenvalue weighted by Gasteiger charge is -2.14. The topological polar surface area (TPSA) is 72.8 Å². The lowest BCUT2D eigenvalue weighted by molar-refractivity contribution is 0.201. The van der Waals surface area contributed by atoms with E-state index >= 15 is 0 Å². The highest BCUT2D eigenvalue weighted by atomic mass is 16.5. The highest BCUT2D eigenvalue weighted by Gasteiger charge is 2.17. The summed E-state index contributed by atoms with van der Waals surface area (Å²) >= 11 is 0. The molecule has 3 heterocycles. The fraction of sp³-hybridized carbons (Fsp3) is 0.364. The Kier molecular flexibility index (Phi) is 5.46. The Morgan fingerprint density at radius 1 is 1.11 bits per heavy atom. The molecule has 0 bridgehead atoms. The van der Waals surface area contributed by atoms with Crippen molar-refractivity contribution < 1.29 is 4.74 Å². The summed E-state index contributed by atoms with van der Waals surface area (Å²) in [6.07, 6.45) is 10.4. The third-order valence-corrected chi connectivity index (χ3v) is 5.16. The van der Waals surface area contributed by atoms with Crippen LogP contribution in [0.15, 0.2) is 42.9 Å². The Balaban J connectivity index is 1.49. The Labute approximate surface area is 165 Å². The summed E-state index contributed by atoms with van der Waals surface area (Å²) in [5, 5.41) is 3.45. The van der Waals surface area contributed by atoms with Crippen LogP contribution in [0.4, 0.5) is 5.82 Å². The Morgan fingerprint density at radius 2 is 1.96 bits per heavy atom. The quantitative estimate of drug-likeness (QED) is 0.685. The Hall–Kier alpha value is -3.02. The van der Waals surface area contributed by atoms with Crippen LogP contribution in [-0.4, -0.2) is 26.0 Å². The zero-order chi connectivity index (χ0) is 19.3. The van der Waals surface area contributed by atoms with E-state index in [4.69, 9.17) is 9.72 Å². The van der Waals surface area contributed by atoms with Gasteiger partial charge in [0, 0.05) is 48.0 Å². The van der Waals surface area contributed by atoms with E-state index < -0.39 is 0 Å². The van der Waals surface area contributed by atoms with Crippen molar-refractivity contribution in [2.45, 2.75) is 52.2 Å². The maximum atomic E-state index is 6.02. The summed E-state index contributed by atoms with van der Waals surface area (Å²) in [6.45, 7) is 4.68. The van der Waals surface area contributed by atoms with Crippen molar-refractivity contribution >= 4 is 5.82 Å². The molecular formula is C22H25N5O. The van der Waals surface area contributed by atoms with Crippen molar-refractivity contribution in [1.29, 1.82) is 0 Å². The normalized spacial score (nSPS) is 14.2. The molecule has 0 radical (unpaired) electrons. The van der Waals surface area contributed by atoms with Crippen molar-refractivity contribution in [3.63, 3.8) is 0 Å². The van der Waals surface area contributed by atoms with Gasteiger partial charge in [-0.15, -0.1) is 0 Å². The lowest BCUT2D eigenvalue weighted by Crippen LogP contribution is -2.12. The molecule has 0 spiro atoms. The van der Waals surface area contributed by atoms with Gasteiger partial charge in [0.15, 0.2) is 5.82 Å². The number of aryl methyl sites for hydroxylation is 1. The van der Waals surface area contributed by atoms with E-state index in [1.54, 1.807) is 18.6 Å². The van der Waals surface area contributed by atoms with Crippen LogP contribution in [0.25, 0.3) is 11.4 Å². The molecule has 6 nitrogen and oxygen atoms in total. The number of nitrogens with zero attached hydrogens (tertiary/aromatic N) is 4. The number of hydrogen-bond donors (Lipinski definition) is 1. The first-order valence-corrected chi connectivity index (χ1v) is 9.80. The molecule has 1 aliphatic carbocycles. The number of ether oxygens (including phenoxy) is 1. The minimum Gasteiger partial charge on any atom is -0.474 e. The molecule has 144 valence electrons. The highest BCUT2D eigenvalue weighted by Crippen LogP contribution is 2.24. The number of anilines is 1. The van der Waals surface area contributed by atoms with Gasteiger partial charge in [0.1, 0.15) is 11.9 Å². The third-order valence-electron chi connectivity index (χ3n) is 5.16. The maximum absolute atomic E-state index is 6.02. The van der Waals surface area contributed by atoms with Crippen LogP contribution in [0, 0.1) is 13.8 Å². The molecule has 0 unspecified atom stereocenters. The third kappa shape index (κ3) is 4.27. The minimum atomic E-state index is 0.310. The van der Waals surface area contributed by atoms with Crippen LogP contribution >= 0.6 is 0 Å². The molecule has 3 aromatic heterocycles. The Bertz CT molecular complexity index is 939. The van der Waals surface area contributed by atoms with Crippen molar-refractivity contribution in [3.8, 4) is 17.3 Å². The zero-order valence-electron chi connectivity index (χ0n) is 16.4. The average Bonchev–Trinajstić information content (AvgIpc) is 3.23. The summed E-state index contributed by atoms with van der Waals surface area (Å²) in [5.74, 6) is 2.22. The van der Waals surface area contributed by atoms with Crippen LogP contribution in [0.5, 0.6) is 5.88 Å². The fourth-order valence-corrected chi connectivity index (χ4v) is 3.41. The number of rotatable bonds is 6. The second kappa shape index (κ2) is 8.33. The number of hydrogen-bond acceptors (Lipinski definition) is 6. The van der Waals surface area contributed by atoms with E-state index in [2.05, 4.69) is 20.3 Å². The molecule has 0 aromatic carbocycles. The second-order valence-electron chi connectivity index (χ2n) is 7.23. The van der Waals surface area contributed by atoms with Gasteiger partial charge >= 0.3 is 0 Å². The van der Waals surface area contributed by atoms with Crippen LogP contribution in [0.2, 0.25) is 0 Å². The van der Waals surface area contributed by atoms with Gasteiger partial charge in [0.2, 0.25) is 5.88 Å². The molecule has 6 heteroatoms. The minimum absolute atomic E-state index is 0.310. The SMILES string of the molecule is Cc1nc(-c2cccnc2)nc(NCc2ccnc(OC3CCCC3)c2)c1C. The van der Waals surface area contributed by atoms with Crippen molar-refractivity contribution in [2.75, 3.05) is 5.32 Å². The second-order valence-corrected chi connectivity index (χ2v) is 7.23. The molecule has 1 N–H and O–H groups in total. The standard InChI is InChI=1S/C22H25N5O/c1-15-16(2)26-22(18-6-5-10-23-14-18)27-21(15)25-13-17-9-11-24-20(12-17)28-19-7-3-4-8-19/h5-6,9-12,14,19H,3-4,7-8,13H2,1-2H3,(H,25,26,27). The van der Waals surface area contributed by atoms with Gasteiger partial charge < -0.3 is 10.1 Å². The van der Waals surface area contributed by atoms with Crippen LogP contribution in [-0.2, 0) is 6.54 Å². The summed E-state index contributed by atoms with van der Waals surface area (Å²) < 4.78 is 6.02. The largest absolute Gasteiger partial charge is 0.474 e. The van der Waals surface area contributed by atoms with Gasteiger partial charge in [-0.3, -0.25) is 4.98 Å². The zero-order valence-corrected chi connectivity index (χ0v) is 16.4. The molecule has 0 atom stereocenters. The molecule has 0 amide bonds. The summed E-state index contributed by atoms with van der Waals surface area (Å²) in [6, 6.07) is 7.87. The van der Waals surface area contributed by atoms with E-state index in [-0.39, 0.29) is 0 Å². The van der Waals surface area contributed by atoms with Gasteiger partial charge in [0.25, 0.3) is 0 Å². The fourth-order valence-electron chi connectivity index (χ4n) is 3.41.